The van der Waals surface area contributed by atoms with Gasteiger partial charge in [-0.15, -0.1) is 0 Å². The largest absolute Gasteiger partial charge is 0.481 e. The van der Waals surface area contributed by atoms with Gasteiger partial charge in [0.1, 0.15) is 5.82 Å². The van der Waals surface area contributed by atoms with E-state index >= 15 is 0 Å². The highest BCUT2D eigenvalue weighted by Crippen LogP contribution is 2.20. The fraction of sp³-hybridized carbons (Fsp3) is 0.267. The number of aromatic nitrogens is 1. The molecule has 4 heteroatoms. The third-order valence-corrected chi connectivity index (χ3v) is 3.09. The zero-order valence-electron chi connectivity index (χ0n) is 11.1. The highest BCUT2D eigenvalue weighted by Gasteiger charge is 2.11. The second-order valence-corrected chi connectivity index (χ2v) is 4.52. The third kappa shape index (κ3) is 3.29. The van der Waals surface area contributed by atoms with Crippen LogP contribution in [0, 0.1) is 12.7 Å². The molecule has 0 saturated heterocycles. The molecule has 1 unspecified atom stereocenters. The highest BCUT2D eigenvalue weighted by molar-refractivity contribution is 5.31. The molecule has 1 atom stereocenters. The quantitative estimate of drug-likeness (QED) is 0.919. The number of halogens is 1. The Balaban J connectivity index is 2.13. The van der Waals surface area contributed by atoms with Gasteiger partial charge in [0.15, 0.2) is 0 Å². The van der Waals surface area contributed by atoms with Crippen molar-refractivity contribution in [1.29, 1.82) is 0 Å². The number of benzene rings is 1. The smallest absolute Gasteiger partial charge is 0.212 e. The predicted molar refractivity (Wildman–Crippen MR) is 72.6 cm³/mol. The Bertz CT molecular complexity index is 555. The Labute approximate surface area is 112 Å². The molecule has 0 radical (unpaired) electrons. The summed E-state index contributed by atoms with van der Waals surface area (Å²) in [6.45, 7) is 1.87. The van der Waals surface area contributed by atoms with Crippen molar-refractivity contribution >= 4 is 0 Å². The van der Waals surface area contributed by atoms with Crippen molar-refractivity contribution in [3.63, 3.8) is 0 Å². The first-order valence-corrected chi connectivity index (χ1v) is 6.10. The minimum absolute atomic E-state index is 0.171. The molecule has 0 spiro atoms. The molecule has 0 saturated carbocycles. The maximum atomic E-state index is 13.1. The van der Waals surface area contributed by atoms with Gasteiger partial charge in [-0.1, -0.05) is 12.1 Å². The first-order chi connectivity index (χ1) is 9.10. The van der Waals surface area contributed by atoms with E-state index in [-0.39, 0.29) is 11.9 Å². The van der Waals surface area contributed by atoms with Gasteiger partial charge in [0, 0.05) is 18.3 Å². The van der Waals surface area contributed by atoms with Crippen LogP contribution in [0.2, 0.25) is 0 Å². The Morgan fingerprint density at radius 1 is 1.32 bits per heavy atom. The van der Waals surface area contributed by atoms with E-state index in [0.29, 0.717) is 12.3 Å². The van der Waals surface area contributed by atoms with Gasteiger partial charge in [0.2, 0.25) is 5.88 Å². The lowest BCUT2D eigenvalue weighted by molar-refractivity contribution is 0.397. The fourth-order valence-electron chi connectivity index (χ4n) is 2.07. The van der Waals surface area contributed by atoms with Crippen molar-refractivity contribution in [2.24, 2.45) is 5.73 Å². The monoisotopic (exact) mass is 260 g/mol. The molecular formula is C15H17FN2O. The van der Waals surface area contributed by atoms with Crippen LogP contribution >= 0.6 is 0 Å². The summed E-state index contributed by atoms with van der Waals surface area (Å²) in [5.41, 5.74) is 9.02. The first kappa shape index (κ1) is 13.5. The average molecular weight is 260 g/mol. The molecule has 2 N–H and O–H groups in total. The third-order valence-electron chi connectivity index (χ3n) is 3.09. The Hall–Kier alpha value is -1.94. The lowest BCUT2D eigenvalue weighted by Gasteiger charge is -2.15. The second-order valence-electron chi connectivity index (χ2n) is 4.52. The molecule has 0 bridgehead atoms. The summed E-state index contributed by atoms with van der Waals surface area (Å²) < 4.78 is 18.1. The lowest BCUT2D eigenvalue weighted by atomic mass is 9.97. The van der Waals surface area contributed by atoms with E-state index in [1.807, 2.05) is 13.0 Å². The minimum Gasteiger partial charge on any atom is -0.481 e. The van der Waals surface area contributed by atoms with Gasteiger partial charge >= 0.3 is 0 Å². The SMILES string of the molecule is COc1ccc(CC(N)c2ccc(F)cc2C)cn1. The topological polar surface area (TPSA) is 48.1 Å². The van der Waals surface area contributed by atoms with E-state index in [2.05, 4.69) is 4.98 Å². The molecule has 0 aliphatic rings. The molecule has 1 aromatic heterocycles. The second kappa shape index (κ2) is 5.80. The zero-order valence-corrected chi connectivity index (χ0v) is 11.1. The summed E-state index contributed by atoms with van der Waals surface area (Å²) in [5, 5.41) is 0. The molecule has 0 aliphatic carbocycles. The summed E-state index contributed by atoms with van der Waals surface area (Å²) >= 11 is 0. The van der Waals surface area contributed by atoms with Crippen molar-refractivity contribution < 1.29 is 9.13 Å². The molecule has 100 valence electrons. The van der Waals surface area contributed by atoms with E-state index in [1.54, 1.807) is 25.4 Å². The van der Waals surface area contributed by atoms with Gasteiger partial charge < -0.3 is 10.5 Å². The number of rotatable bonds is 4. The summed E-state index contributed by atoms with van der Waals surface area (Å²) in [5.74, 6) is 0.342. The van der Waals surface area contributed by atoms with E-state index in [4.69, 9.17) is 10.5 Å². The van der Waals surface area contributed by atoms with Gasteiger partial charge in [-0.25, -0.2) is 9.37 Å². The Kier molecular flexibility index (Phi) is 4.12. The van der Waals surface area contributed by atoms with Gasteiger partial charge in [-0.05, 0) is 42.2 Å². The normalized spacial score (nSPS) is 12.2. The molecule has 2 rings (SSSR count). The van der Waals surface area contributed by atoms with Crippen molar-refractivity contribution in [3.8, 4) is 5.88 Å². The van der Waals surface area contributed by atoms with E-state index in [1.165, 1.54) is 12.1 Å². The Morgan fingerprint density at radius 3 is 2.68 bits per heavy atom. The summed E-state index contributed by atoms with van der Waals surface area (Å²) in [6.07, 6.45) is 2.40. The van der Waals surface area contributed by atoms with Crippen molar-refractivity contribution in [3.05, 3.63) is 59.0 Å². The Morgan fingerprint density at radius 2 is 2.11 bits per heavy atom. The summed E-state index contributed by atoms with van der Waals surface area (Å²) in [6, 6.07) is 8.25. The van der Waals surface area contributed by atoms with Crippen LogP contribution in [0.4, 0.5) is 4.39 Å². The van der Waals surface area contributed by atoms with Crippen LogP contribution in [-0.2, 0) is 6.42 Å². The first-order valence-electron chi connectivity index (χ1n) is 6.10. The molecular weight excluding hydrogens is 243 g/mol. The maximum Gasteiger partial charge on any atom is 0.212 e. The number of hydrogen-bond acceptors (Lipinski definition) is 3. The molecule has 0 amide bonds. The standard InChI is InChI=1S/C15H17FN2O/c1-10-7-12(16)4-5-13(10)14(17)8-11-3-6-15(19-2)18-9-11/h3-7,9,14H,8,17H2,1-2H3. The number of hydrogen-bond donors (Lipinski definition) is 1. The van der Waals surface area contributed by atoms with Crippen LogP contribution in [0.1, 0.15) is 22.7 Å². The average Bonchev–Trinajstić information content (AvgIpc) is 2.39. The molecule has 3 nitrogen and oxygen atoms in total. The number of nitrogens with two attached hydrogens (primary N) is 1. The number of methoxy groups -OCH3 is 1. The number of aryl methyl sites for hydroxylation is 1. The summed E-state index contributed by atoms with van der Waals surface area (Å²) in [7, 11) is 1.58. The van der Waals surface area contributed by atoms with Crippen LogP contribution < -0.4 is 10.5 Å². The maximum absolute atomic E-state index is 13.1. The number of pyridine rings is 1. The zero-order chi connectivity index (χ0) is 13.8. The minimum atomic E-state index is -0.237. The van der Waals surface area contributed by atoms with Crippen LogP contribution in [0.15, 0.2) is 36.5 Å². The summed E-state index contributed by atoms with van der Waals surface area (Å²) in [4.78, 5) is 4.14. The number of nitrogens with zero attached hydrogens (tertiary/aromatic N) is 1. The molecule has 0 aliphatic heterocycles. The van der Waals surface area contributed by atoms with Crippen molar-refractivity contribution in [2.75, 3.05) is 7.11 Å². The molecule has 2 aromatic rings. The molecule has 1 aromatic carbocycles. The van der Waals surface area contributed by atoms with Crippen molar-refractivity contribution in [1.82, 2.24) is 4.98 Å². The lowest BCUT2D eigenvalue weighted by Crippen LogP contribution is -2.15. The van der Waals surface area contributed by atoms with E-state index < -0.39 is 0 Å². The van der Waals surface area contributed by atoms with Gasteiger partial charge in [0.25, 0.3) is 0 Å². The molecule has 0 fully saturated rings. The highest BCUT2D eigenvalue weighted by atomic mass is 19.1. The van der Waals surface area contributed by atoms with Gasteiger partial charge in [0.05, 0.1) is 7.11 Å². The predicted octanol–water partition coefficient (Wildman–Crippen LogP) is 2.78. The van der Waals surface area contributed by atoms with E-state index in [9.17, 15) is 4.39 Å². The van der Waals surface area contributed by atoms with Crippen molar-refractivity contribution in [2.45, 2.75) is 19.4 Å². The van der Waals surface area contributed by atoms with Crippen LogP contribution in [-0.4, -0.2) is 12.1 Å². The molecule has 19 heavy (non-hydrogen) atoms. The van der Waals surface area contributed by atoms with Crippen LogP contribution in [0.25, 0.3) is 0 Å². The van der Waals surface area contributed by atoms with Crippen LogP contribution in [0.5, 0.6) is 5.88 Å². The molecule has 1 heterocycles. The van der Waals surface area contributed by atoms with Gasteiger partial charge in [-0.3, -0.25) is 0 Å². The van der Waals surface area contributed by atoms with Gasteiger partial charge in [-0.2, -0.15) is 0 Å². The van der Waals surface area contributed by atoms with E-state index in [0.717, 1.165) is 16.7 Å². The fourth-order valence-corrected chi connectivity index (χ4v) is 2.07. The number of ether oxygens (including phenoxy) is 1. The van der Waals surface area contributed by atoms with Crippen LogP contribution in [0.3, 0.4) is 0 Å².